The molecule has 2 heterocycles. The molecule has 1 N–H and O–H groups in total. The number of amides is 2. The summed E-state index contributed by atoms with van der Waals surface area (Å²) in [6, 6.07) is 5.69. The second-order valence-electron chi connectivity index (χ2n) is 5.40. The maximum absolute atomic E-state index is 14.3. The van der Waals surface area contributed by atoms with Crippen LogP contribution in [-0.4, -0.2) is 45.1 Å². The maximum atomic E-state index is 14.3. The summed E-state index contributed by atoms with van der Waals surface area (Å²) in [6.45, 7) is 1.42. The highest BCUT2D eigenvalue weighted by atomic mass is 32.2. The molecule has 0 aliphatic carbocycles. The largest absolute Gasteiger partial charge is 0.336 e. The fourth-order valence-electron chi connectivity index (χ4n) is 2.63. The monoisotopic (exact) mass is 334 g/mol. The highest BCUT2D eigenvalue weighted by molar-refractivity contribution is 7.99. The second kappa shape index (κ2) is 7.04. The summed E-state index contributed by atoms with van der Waals surface area (Å²) in [6.07, 6.45) is 3.43. The summed E-state index contributed by atoms with van der Waals surface area (Å²) in [5, 5.41) is 2.94. The van der Waals surface area contributed by atoms with Crippen molar-refractivity contribution in [2.45, 2.75) is 6.04 Å². The summed E-state index contributed by atoms with van der Waals surface area (Å²) in [5.74, 6) is 2.12. The average molecular weight is 334 g/mol. The second-order valence-corrected chi connectivity index (χ2v) is 6.62. The van der Waals surface area contributed by atoms with Crippen molar-refractivity contribution in [3.05, 3.63) is 53.9 Å². The molecule has 1 atom stereocenters. The Balaban J connectivity index is 1.88. The Morgan fingerprint density at radius 3 is 2.74 bits per heavy atom. The molecule has 5 nitrogen and oxygen atoms in total. The predicted octanol–water partition coefficient (Wildman–Crippen LogP) is 2.41. The first-order valence-corrected chi connectivity index (χ1v) is 8.67. The van der Waals surface area contributed by atoms with Crippen LogP contribution >= 0.6 is 11.8 Å². The van der Waals surface area contributed by atoms with Crippen molar-refractivity contribution in [2.75, 3.05) is 24.6 Å². The molecular weight excluding hydrogens is 315 g/mol. The van der Waals surface area contributed by atoms with Gasteiger partial charge in [-0.25, -0.2) is 14.2 Å². The van der Waals surface area contributed by atoms with Crippen LogP contribution in [-0.2, 0) is 7.05 Å². The quantitative estimate of drug-likeness (QED) is 0.938. The number of carbonyl (C=O) groups is 1. The average Bonchev–Trinajstić information content (AvgIpc) is 3.00. The Kier molecular flexibility index (Phi) is 4.85. The molecule has 1 aliphatic heterocycles. The van der Waals surface area contributed by atoms with Gasteiger partial charge < -0.3 is 14.8 Å². The number of carbonyl (C=O) groups excluding carboxylic acids is 1. The summed E-state index contributed by atoms with van der Waals surface area (Å²) in [5.41, 5.74) is 0.418. The molecule has 0 saturated carbocycles. The van der Waals surface area contributed by atoms with Gasteiger partial charge in [0, 0.05) is 49.6 Å². The number of halogens is 1. The van der Waals surface area contributed by atoms with Crippen molar-refractivity contribution >= 4 is 17.8 Å². The molecule has 0 unspecified atom stereocenters. The van der Waals surface area contributed by atoms with E-state index in [9.17, 15) is 9.18 Å². The van der Waals surface area contributed by atoms with Crippen molar-refractivity contribution in [1.29, 1.82) is 0 Å². The predicted molar refractivity (Wildman–Crippen MR) is 88.9 cm³/mol. The van der Waals surface area contributed by atoms with E-state index in [1.165, 1.54) is 6.07 Å². The topological polar surface area (TPSA) is 50.2 Å². The number of hydrogen-bond acceptors (Lipinski definition) is 3. The molecule has 2 amide bonds. The highest BCUT2D eigenvalue weighted by Crippen LogP contribution is 2.23. The standard InChI is InChI=1S/C16H19FN4OS/c1-20-7-6-18-15(20)14(12-4-2-3-5-13(12)17)19-16(22)21-8-10-23-11-9-21/h2-7,14H,8-11H2,1H3,(H,19,22)/t14-/m1/s1. The highest BCUT2D eigenvalue weighted by Gasteiger charge is 2.26. The molecule has 1 aromatic heterocycles. The molecule has 2 aromatic rings. The number of imidazole rings is 1. The number of benzene rings is 1. The van der Waals surface area contributed by atoms with E-state index in [1.807, 2.05) is 18.8 Å². The summed E-state index contributed by atoms with van der Waals surface area (Å²) in [4.78, 5) is 18.6. The maximum Gasteiger partial charge on any atom is 0.318 e. The Morgan fingerprint density at radius 2 is 2.09 bits per heavy atom. The molecule has 1 aliphatic rings. The molecule has 1 saturated heterocycles. The minimum Gasteiger partial charge on any atom is -0.336 e. The van der Waals surface area contributed by atoms with Gasteiger partial charge in [0.2, 0.25) is 0 Å². The van der Waals surface area contributed by atoms with Crippen molar-refractivity contribution in [1.82, 2.24) is 19.8 Å². The first kappa shape index (κ1) is 15.9. The van der Waals surface area contributed by atoms with E-state index < -0.39 is 6.04 Å². The molecule has 0 spiro atoms. The van der Waals surface area contributed by atoms with Gasteiger partial charge in [-0.2, -0.15) is 11.8 Å². The van der Waals surface area contributed by atoms with Gasteiger partial charge in [0.25, 0.3) is 0 Å². The zero-order chi connectivity index (χ0) is 16.2. The van der Waals surface area contributed by atoms with Gasteiger partial charge in [-0.05, 0) is 6.07 Å². The number of aryl methyl sites for hydroxylation is 1. The molecule has 0 radical (unpaired) electrons. The van der Waals surface area contributed by atoms with Crippen LogP contribution in [0.3, 0.4) is 0 Å². The lowest BCUT2D eigenvalue weighted by molar-refractivity contribution is 0.200. The van der Waals surface area contributed by atoms with Crippen LogP contribution in [0, 0.1) is 5.82 Å². The van der Waals surface area contributed by atoms with E-state index in [1.54, 1.807) is 40.1 Å². The third-order valence-corrected chi connectivity index (χ3v) is 4.84. The van der Waals surface area contributed by atoms with Crippen LogP contribution in [0.1, 0.15) is 17.4 Å². The van der Waals surface area contributed by atoms with Gasteiger partial charge in [-0.1, -0.05) is 18.2 Å². The Labute approximate surface area is 138 Å². The van der Waals surface area contributed by atoms with Gasteiger partial charge in [-0.15, -0.1) is 0 Å². The normalized spacial score (nSPS) is 16.2. The van der Waals surface area contributed by atoms with Gasteiger partial charge in [0.15, 0.2) is 0 Å². The fourth-order valence-corrected chi connectivity index (χ4v) is 3.53. The number of aromatic nitrogens is 2. The summed E-state index contributed by atoms with van der Waals surface area (Å²) < 4.78 is 16.0. The van der Waals surface area contributed by atoms with Crippen LogP contribution < -0.4 is 5.32 Å². The lowest BCUT2D eigenvalue weighted by atomic mass is 10.1. The third kappa shape index (κ3) is 3.50. The van der Waals surface area contributed by atoms with Crippen molar-refractivity contribution in [3.8, 4) is 0 Å². The van der Waals surface area contributed by atoms with Gasteiger partial charge >= 0.3 is 6.03 Å². The minimum absolute atomic E-state index is 0.179. The van der Waals surface area contributed by atoms with Crippen molar-refractivity contribution in [2.24, 2.45) is 7.05 Å². The number of nitrogens with zero attached hydrogens (tertiary/aromatic N) is 3. The molecule has 1 fully saturated rings. The van der Waals surface area contributed by atoms with E-state index in [4.69, 9.17) is 0 Å². The van der Waals surface area contributed by atoms with E-state index in [-0.39, 0.29) is 11.8 Å². The minimum atomic E-state index is -0.613. The van der Waals surface area contributed by atoms with Gasteiger partial charge in [-0.3, -0.25) is 0 Å². The van der Waals surface area contributed by atoms with E-state index in [2.05, 4.69) is 10.3 Å². The zero-order valence-electron chi connectivity index (χ0n) is 12.9. The molecular formula is C16H19FN4OS. The Bertz CT molecular complexity index is 684. The van der Waals surface area contributed by atoms with Crippen molar-refractivity contribution in [3.63, 3.8) is 0 Å². The third-order valence-electron chi connectivity index (χ3n) is 3.90. The number of urea groups is 1. The summed E-state index contributed by atoms with van der Waals surface area (Å²) in [7, 11) is 1.83. The molecule has 1 aromatic carbocycles. The molecule has 7 heteroatoms. The number of hydrogen-bond donors (Lipinski definition) is 1. The van der Waals surface area contributed by atoms with Crippen LogP contribution in [0.25, 0.3) is 0 Å². The first-order valence-electron chi connectivity index (χ1n) is 7.51. The zero-order valence-corrected chi connectivity index (χ0v) is 13.7. The van der Waals surface area contributed by atoms with Crippen molar-refractivity contribution < 1.29 is 9.18 Å². The van der Waals surface area contributed by atoms with E-state index >= 15 is 0 Å². The number of thioether (sulfide) groups is 1. The lowest BCUT2D eigenvalue weighted by Crippen LogP contribution is -2.46. The van der Waals surface area contributed by atoms with Gasteiger partial charge in [0.1, 0.15) is 17.7 Å². The number of rotatable bonds is 3. The first-order chi connectivity index (χ1) is 11.2. The van der Waals surface area contributed by atoms with Crippen LogP contribution in [0.2, 0.25) is 0 Å². The summed E-state index contributed by atoms with van der Waals surface area (Å²) >= 11 is 1.84. The fraction of sp³-hybridized carbons (Fsp3) is 0.375. The van der Waals surface area contributed by atoms with E-state index in [0.717, 1.165) is 11.5 Å². The van der Waals surface area contributed by atoms with Crippen LogP contribution in [0.5, 0.6) is 0 Å². The van der Waals surface area contributed by atoms with Crippen LogP contribution in [0.4, 0.5) is 9.18 Å². The molecule has 3 rings (SSSR count). The molecule has 23 heavy (non-hydrogen) atoms. The molecule has 0 bridgehead atoms. The Morgan fingerprint density at radius 1 is 1.35 bits per heavy atom. The van der Waals surface area contributed by atoms with Gasteiger partial charge in [0.05, 0.1) is 0 Å². The smallest absolute Gasteiger partial charge is 0.318 e. The lowest BCUT2D eigenvalue weighted by Gasteiger charge is -2.29. The number of nitrogens with one attached hydrogen (secondary N) is 1. The van der Waals surface area contributed by atoms with E-state index in [0.29, 0.717) is 24.5 Å². The van der Waals surface area contributed by atoms with Crippen LogP contribution in [0.15, 0.2) is 36.7 Å². The Hall–Kier alpha value is -2.02. The molecule has 122 valence electrons. The SMILES string of the molecule is Cn1ccnc1[C@H](NC(=O)N1CCSCC1)c1ccccc1F.